The van der Waals surface area contributed by atoms with Crippen molar-refractivity contribution in [3.05, 3.63) is 18.2 Å². The van der Waals surface area contributed by atoms with E-state index >= 15 is 0 Å². The zero-order chi connectivity index (χ0) is 22.9. The highest BCUT2D eigenvalue weighted by Gasteiger charge is 2.35. The molecule has 0 aromatic heterocycles. The van der Waals surface area contributed by atoms with Gasteiger partial charge in [-0.25, -0.2) is 8.42 Å². The van der Waals surface area contributed by atoms with E-state index in [-0.39, 0.29) is 27.9 Å². The first kappa shape index (κ1) is 23.5. The van der Waals surface area contributed by atoms with Gasteiger partial charge in [-0.2, -0.15) is 4.31 Å². The maximum atomic E-state index is 13.2. The molecule has 10 heteroatoms. The van der Waals surface area contributed by atoms with E-state index < -0.39 is 10.0 Å². The van der Waals surface area contributed by atoms with Crippen molar-refractivity contribution in [2.45, 2.75) is 48.2 Å². The van der Waals surface area contributed by atoms with Gasteiger partial charge in [-0.05, 0) is 50.9 Å². The first-order valence-corrected chi connectivity index (χ1v) is 13.7. The second-order valence-electron chi connectivity index (χ2n) is 8.75. The molecule has 3 aliphatic rings. The Balaban J connectivity index is 1.36. The molecule has 2 fully saturated rings. The molecule has 1 aromatic rings. The van der Waals surface area contributed by atoms with Crippen molar-refractivity contribution in [2.75, 3.05) is 51.1 Å². The predicted molar refractivity (Wildman–Crippen MR) is 125 cm³/mol. The van der Waals surface area contributed by atoms with Crippen molar-refractivity contribution in [3.8, 4) is 0 Å². The maximum Gasteiger partial charge on any atom is 0.243 e. The van der Waals surface area contributed by atoms with Crippen LogP contribution in [-0.4, -0.2) is 85.4 Å². The van der Waals surface area contributed by atoms with E-state index in [0.717, 1.165) is 44.0 Å². The highest BCUT2D eigenvalue weighted by atomic mass is 32.2. The Morgan fingerprint density at radius 2 is 1.81 bits per heavy atom. The molecular weight excluding hydrogens is 448 g/mol. The van der Waals surface area contributed by atoms with Crippen LogP contribution < -0.4 is 5.32 Å². The van der Waals surface area contributed by atoms with Crippen LogP contribution in [0.5, 0.6) is 0 Å². The molecule has 32 heavy (non-hydrogen) atoms. The van der Waals surface area contributed by atoms with Gasteiger partial charge in [0, 0.05) is 50.1 Å². The van der Waals surface area contributed by atoms with Crippen LogP contribution in [0.25, 0.3) is 0 Å². The molecule has 2 saturated heterocycles. The van der Waals surface area contributed by atoms with Gasteiger partial charge in [0.15, 0.2) is 0 Å². The topological polar surface area (TPSA) is 90.0 Å². The van der Waals surface area contributed by atoms with Crippen molar-refractivity contribution < 1.29 is 18.0 Å². The lowest BCUT2D eigenvalue weighted by Crippen LogP contribution is -2.52. The average molecular weight is 481 g/mol. The molecule has 4 rings (SSSR count). The normalized spacial score (nSPS) is 23.6. The molecule has 0 spiro atoms. The van der Waals surface area contributed by atoms with Gasteiger partial charge >= 0.3 is 0 Å². The van der Waals surface area contributed by atoms with Crippen molar-refractivity contribution in [2.24, 2.45) is 5.92 Å². The van der Waals surface area contributed by atoms with Crippen LogP contribution in [0.3, 0.4) is 0 Å². The number of hydrogen-bond donors (Lipinski definition) is 1. The standard InChI is InChI=1S/C22H32N4O4S2/c1-3-8-24-11-13-25(14-12-24)22(28)17-6-9-26(10-7-17)32(29,30)18-4-5-20-19(15-18)23-21(27)16(2)31-20/h4-5,15-17H,3,6-14H2,1-2H3,(H,23,27). The minimum absolute atomic E-state index is 0.111. The Kier molecular flexibility index (Phi) is 7.14. The lowest BCUT2D eigenvalue weighted by atomic mass is 9.96. The fraction of sp³-hybridized carbons (Fsp3) is 0.636. The number of carbonyl (C=O) groups is 2. The second-order valence-corrected chi connectivity index (χ2v) is 12.1. The average Bonchev–Trinajstić information content (AvgIpc) is 2.80. The third-order valence-electron chi connectivity index (χ3n) is 6.55. The van der Waals surface area contributed by atoms with Crippen LogP contribution in [0.2, 0.25) is 0 Å². The molecule has 0 aliphatic carbocycles. The number of carbonyl (C=O) groups excluding carboxylic acids is 2. The summed E-state index contributed by atoms with van der Waals surface area (Å²) in [5, 5.41) is 2.60. The molecular formula is C22H32N4O4S2. The smallest absolute Gasteiger partial charge is 0.243 e. The number of fused-ring (bicyclic) bond motifs is 1. The van der Waals surface area contributed by atoms with Crippen LogP contribution in [0.4, 0.5) is 5.69 Å². The van der Waals surface area contributed by atoms with Crippen molar-refractivity contribution in [3.63, 3.8) is 0 Å². The Hall–Kier alpha value is -1.62. The van der Waals surface area contributed by atoms with E-state index in [9.17, 15) is 18.0 Å². The molecule has 176 valence electrons. The number of piperazine rings is 1. The lowest BCUT2D eigenvalue weighted by Gasteiger charge is -2.38. The number of benzene rings is 1. The fourth-order valence-corrected chi connectivity index (χ4v) is 7.03. The summed E-state index contributed by atoms with van der Waals surface area (Å²) in [5.41, 5.74) is 0.548. The summed E-state index contributed by atoms with van der Waals surface area (Å²) >= 11 is 1.43. The number of piperidine rings is 1. The molecule has 0 bridgehead atoms. The quantitative estimate of drug-likeness (QED) is 0.694. The number of amides is 2. The van der Waals surface area contributed by atoms with Crippen LogP contribution in [0.1, 0.15) is 33.1 Å². The molecule has 8 nitrogen and oxygen atoms in total. The highest BCUT2D eigenvalue weighted by Crippen LogP contribution is 2.37. The summed E-state index contributed by atoms with van der Waals surface area (Å²) in [7, 11) is -3.67. The number of hydrogen-bond acceptors (Lipinski definition) is 6. The lowest BCUT2D eigenvalue weighted by molar-refractivity contribution is -0.138. The molecule has 3 aliphatic heterocycles. The van der Waals surface area contributed by atoms with E-state index in [0.29, 0.717) is 31.6 Å². The Bertz CT molecular complexity index is 968. The largest absolute Gasteiger partial charge is 0.340 e. The van der Waals surface area contributed by atoms with Gasteiger partial charge in [-0.3, -0.25) is 14.5 Å². The summed E-state index contributed by atoms with van der Waals surface area (Å²) in [5.74, 6) is -0.0624. The molecule has 1 aromatic carbocycles. The number of thioether (sulfide) groups is 1. The number of nitrogens with one attached hydrogen (secondary N) is 1. The molecule has 1 unspecified atom stereocenters. The molecule has 0 saturated carbocycles. The molecule has 2 amide bonds. The Labute approximate surface area is 194 Å². The predicted octanol–water partition coefficient (Wildman–Crippen LogP) is 2.07. The van der Waals surface area contributed by atoms with Gasteiger partial charge in [-0.15, -0.1) is 11.8 Å². The van der Waals surface area contributed by atoms with Crippen LogP contribution in [0, 0.1) is 5.92 Å². The summed E-state index contributed by atoms with van der Waals surface area (Å²) in [4.78, 5) is 30.3. The Morgan fingerprint density at radius 1 is 1.12 bits per heavy atom. The van der Waals surface area contributed by atoms with E-state index in [4.69, 9.17) is 0 Å². The van der Waals surface area contributed by atoms with E-state index in [1.807, 2.05) is 11.8 Å². The summed E-state index contributed by atoms with van der Waals surface area (Å²) in [6.45, 7) is 9.08. The minimum Gasteiger partial charge on any atom is -0.340 e. The summed E-state index contributed by atoms with van der Waals surface area (Å²) in [6.07, 6.45) is 2.21. The molecule has 1 N–H and O–H groups in total. The fourth-order valence-electron chi connectivity index (χ4n) is 4.61. The van der Waals surface area contributed by atoms with Crippen molar-refractivity contribution in [1.29, 1.82) is 0 Å². The monoisotopic (exact) mass is 480 g/mol. The molecule has 1 atom stereocenters. The van der Waals surface area contributed by atoms with Gasteiger partial charge < -0.3 is 10.2 Å². The zero-order valence-electron chi connectivity index (χ0n) is 18.7. The molecule has 0 radical (unpaired) electrons. The summed E-state index contributed by atoms with van der Waals surface area (Å²) in [6, 6.07) is 4.92. The van der Waals surface area contributed by atoms with Gasteiger partial charge in [0.05, 0.1) is 15.8 Å². The SMILES string of the molecule is CCCN1CCN(C(=O)C2CCN(S(=O)(=O)c3ccc4c(c3)NC(=O)C(C)S4)CC2)CC1. The second kappa shape index (κ2) is 9.70. The zero-order valence-corrected chi connectivity index (χ0v) is 20.4. The third-order valence-corrected chi connectivity index (χ3v) is 9.62. The van der Waals surface area contributed by atoms with E-state index in [2.05, 4.69) is 17.1 Å². The van der Waals surface area contributed by atoms with Crippen LogP contribution in [-0.2, 0) is 19.6 Å². The Morgan fingerprint density at radius 3 is 2.47 bits per heavy atom. The number of nitrogens with zero attached hydrogens (tertiary/aromatic N) is 3. The van der Waals surface area contributed by atoms with Crippen LogP contribution in [0.15, 0.2) is 28.0 Å². The highest BCUT2D eigenvalue weighted by molar-refractivity contribution is 8.01. The number of rotatable bonds is 5. The van der Waals surface area contributed by atoms with Crippen LogP contribution >= 0.6 is 11.8 Å². The first-order chi connectivity index (χ1) is 15.3. The van der Waals surface area contributed by atoms with Gasteiger partial charge in [0.2, 0.25) is 21.8 Å². The first-order valence-electron chi connectivity index (χ1n) is 11.4. The number of sulfonamides is 1. The number of anilines is 1. The van der Waals surface area contributed by atoms with Crippen molar-refractivity contribution >= 4 is 39.3 Å². The van der Waals surface area contributed by atoms with E-state index in [1.54, 1.807) is 18.2 Å². The minimum atomic E-state index is -3.67. The third kappa shape index (κ3) is 4.83. The van der Waals surface area contributed by atoms with Crippen molar-refractivity contribution in [1.82, 2.24) is 14.1 Å². The maximum absolute atomic E-state index is 13.2. The van der Waals surface area contributed by atoms with Gasteiger partial charge in [0.25, 0.3) is 0 Å². The van der Waals surface area contributed by atoms with Gasteiger partial charge in [0.1, 0.15) is 0 Å². The van der Waals surface area contributed by atoms with Gasteiger partial charge in [-0.1, -0.05) is 6.92 Å². The van der Waals surface area contributed by atoms with E-state index in [1.165, 1.54) is 16.1 Å². The summed E-state index contributed by atoms with van der Waals surface area (Å²) < 4.78 is 27.9. The molecule has 3 heterocycles.